The van der Waals surface area contributed by atoms with Gasteiger partial charge in [0.1, 0.15) is 13.2 Å². The molecular formula is C22H22BrNO5. The number of hydrogen-bond donors (Lipinski definition) is 0. The first-order valence-electron chi connectivity index (χ1n) is 9.26. The molecule has 1 saturated heterocycles. The molecule has 6 nitrogen and oxygen atoms in total. The molecule has 0 N–H and O–H groups in total. The predicted octanol–water partition coefficient (Wildman–Crippen LogP) is 3.95. The van der Waals surface area contributed by atoms with Crippen molar-refractivity contribution in [1.82, 2.24) is 4.90 Å². The molecule has 1 atom stereocenters. The van der Waals surface area contributed by atoms with Gasteiger partial charge in [0.25, 0.3) is 0 Å². The number of carbonyl (C=O) groups is 3. The van der Waals surface area contributed by atoms with Crippen LogP contribution in [-0.4, -0.2) is 40.8 Å². The van der Waals surface area contributed by atoms with E-state index in [1.807, 2.05) is 38.1 Å². The SMILES string of the molecule is Cc1ccc(C(=O)OCc2ccc(CC(=O)N3C(=O)OCC3CBr)cc2)c(C)c1. The molecule has 3 rings (SSSR count). The van der Waals surface area contributed by atoms with E-state index >= 15 is 0 Å². The highest BCUT2D eigenvalue weighted by Crippen LogP contribution is 2.17. The molecule has 7 heteroatoms. The van der Waals surface area contributed by atoms with Gasteiger partial charge in [0.05, 0.1) is 18.0 Å². The van der Waals surface area contributed by atoms with Gasteiger partial charge in [0, 0.05) is 5.33 Å². The van der Waals surface area contributed by atoms with Gasteiger partial charge in [-0.3, -0.25) is 4.79 Å². The van der Waals surface area contributed by atoms with Gasteiger partial charge < -0.3 is 9.47 Å². The highest BCUT2D eigenvalue weighted by atomic mass is 79.9. The van der Waals surface area contributed by atoms with Crippen molar-refractivity contribution in [2.45, 2.75) is 32.9 Å². The number of imide groups is 1. The summed E-state index contributed by atoms with van der Waals surface area (Å²) >= 11 is 3.29. The molecule has 0 saturated carbocycles. The highest BCUT2D eigenvalue weighted by molar-refractivity contribution is 9.09. The Hall–Kier alpha value is -2.67. The second-order valence-corrected chi connectivity index (χ2v) is 7.68. The summed E-state index contributed by atoms with van der Waals surface area (Å²) in [5, 5.41) is 0.481. The van der Waals surface area contributed by atoms with E-state index in [0.717, 1.165) is 27.2 Å². The number of alkyl halides is 1. The number of nitrogens with zero attached hydrogens (tertiary/aromatic N) is 1. The molecule has 1 aliphatic heterocycles. The number of ether oxygens (including phenoxy) is 2. The lowest BCUT2D eigenvalue weighted by atomic mass is 10.1. The summed E-state index contributed by atoms with van der Waals surface area (Å²) in [6, 6.07) is 12.5. The summed E-state index contributed by atoms with van der Waals surface area (Å²) in [6.45, 7) is 4.21. The van der Waals surface area contributed by atoms with E-state index in [9.17, 15) is 14.4 Å². The van der Waals surface area contributed by atoms with Gasteiger partial charge in [-0.2, -0.15) is 0 Å². The number of aryl methyl sites for hydroxylation is 2. The summed E-state index contributed by atoms with van der Waals surface area (Å²) in [4.78, 5) is 37.6. The molecule has 29 heavy (non-hydrogen) atoms. The Morgan fingerprint density at radius 3 is 2.48 bits per heavy atom. The zero-order chi connectivity index (χ0) is 21.0. The fourth-order valence-electron chi connectivity index (χ4n) is 3.16. The fourth-order valence-corrected chi connectivity index (χ4v) is 3.64. The molecule has 1 fully saturated rings. The zero-order valence-corrected chi connectivity index (χ0v) is 17.9. The monoisotopic (exact) mass is 459 g/mol. The Bertz CT molecular complexity index is 925. The van der Waals surface area contributed by atoms with Crippen molar-refractivity contribution in [2.75, 3.05) is 11.9 Å². The van der Waals surface area contributed by atoms with E-state index in [1.165, 1.54) is 0 Å². The average Bonchev–Trinajstić information content (AvgIpc) is 3.08. The number of hydrogen-bond acceptors (Lipinski definition) is 5. The number of cyclic esters (lactones) is 1. The Balaban J connectivity index is 1.57. The maximum atomic E-state index is 12.4. The Labute approximate surface area is 177 Å². The van der Waals surface area contributed by atoms with Crippen LogP contribution in [0.3, 0.4) is 0 Å². The minimum atomic E-state index is -0.602. The van der Waals surface area contributed by atoms with Crippen LogP contribution >= 0.6 is 15.9 Å². The minimum absolute atomic E-state index is 0.0984. The number of carbonyl (C=O) groups excluding carboxylic acids is 3. The third kappa shape index (κ3) is 5.03. The molecule has 2 aromatic carbocycles. The maximum absolute atomic E-state index is 12.4. The summed E-state index contributed by atoms with van der Waals surface area (Å²) in [7, 11) is 0. The third-order valence-corrected chi connectivity index (χ3v) is 5.51. The second-order valence-electron chi connectivity index (χ2n) is 7.04. The predicted molar refractivity (Wildman–Crippen MR) is 111 cm³/mol. The maximum Gasteiger partial charge on any atom is 0.417 e. The first kappa shape index (κ1) is 21.0. The van der Waals surface area contributed by atoms with Crippen LogP contribution in [0.15, 0.2) is 42.5 Å². The van der Waals surface area contributed by atoms with Crippen LogP contribution in [0.5, 0.6) is 0 Å². The average molecular weight is 460 g/mol. The van der Waals surface area contributed by atoms with Gasteiger partial charge in [-0.15, -0.1) is 0 Å². The highest BCUT2D eigenvalue weighted by Gasteiger charge is 2.36. The number of amides is 2. The topological polar surface area (TPSA) is 72.9 Å². The Morgan fingerprint density at radius 2 is 1.83 bits per heavy atom. The fraction of sp³-hybridized carbons (Fsp3) is 0.318. The zero-order valence-electron chi connectivity index (χ0n) is 16.3. The van der Waals surface area contributed by atoms with Gasteiger partial charge in [-0.05, 0) is 36.6 Å². The molecule has 0 spiro atoms. The van der Waals surface area contributed by atoms with Crippen molar-refractivity contribution in [1.29, 1.82) is 0 Å². The van der Waals surface area contributed by atoms with Gasteiger partial charge >= 0.3 is 12.1 Å². The molecule has 2 aromatic rings. The standard InChI is InChI=1S/C22H22BrNO5/c1-14-3-8-19(15(2)9-14)21(26)28-12-17-6-4-16(5-7-17)10-20(25)24-18(11-23)13-29-22(24)27/h3-9,18H,10-13H2,1-2H3. The second kappa shape index (κ2) is 9.22. The van der Waals surface area contributed by atoms with Gasteiger partial charge in [0.2, 0.25) is 5.91 Å². The molecule has 0 radical (unpaired) electrons. The van der Waals surface area contributed by atoms with Crippen LogP contribution in [0.25, 0.3) is 0 Å². The summed E-state index contributed by atoms with van der Waals surface area (Å²) in [5.41, 5.74) is 4.11. The van der Waals surface area contributed by atoms with Crippen molar-refractivity contribution in [3.8, 4) is 0 Å². The van der Waals surface area contributed by atoms with E-state index in [2.05, 4.69) is 15.9 Å². The van der Waals surface area contributed by atoms with Crippen LogP contribution in [0.4, 0.5) is 4.79 Å². The number of benzene rings is 2. The van der Waals surface area contributed by atoms with Crippen molar-refractivity contribution in [2.24, 2.45) is 0 Å². The molecule has 152 valence electrons. The van der Waals surface area contributed by atoms with Gasteiger partial charge in [-0.1, -0.05) is 57.9 Å². The molecular weight excluding hydrogens is 438 g/mol. The number of halogens is 1. The van der Waals surface area contributed by atoms with E-state index in [-0.39, 0.29) is 37.6 Å². The van der Waals surface area contributed by atoms with E-state index in [4.69, 9.17) is 9.47 Å². The van der Waals surface area contributed by atoms with Crippen molar-refractivity contribution in [3.05, 3.63) is 70.3 Å². The van der Waals surface area contributed by atoms with E-state index < -0.39 is 6.09 Å². The minimum Gasteiger partial charge on any atom is -0.457 e. The molecule has 0 aromatic heterocycles. The van der Waals surface area contributed by atoms with E-state index in [0.29, 0.717) is 10.9 Å². The summed E-state index contributed by atoms with van der Waals surface area (Å²) in [6.07, 6.45) is -0.504. The third-order valence-electron chi connectivity index (χ3n) is 4.76. The molecule has 0 bridgehead atoms. The lowest BCUT2D eigenvalue weighted by Crippen LogP contribution is -2.40. The number of esters is 1. The largest absolute Gasteiger partial charge is 0.457 e. The van der Waals surface area contributed by atoms with Crippen LogP contribution in [-0.2, 0) is 27.3 Å². The Morgan fingerprint density at radius 1 is 1.14 bits per heavy atom. The van der Waals surface area contributed by atoms with Crippen molar-refractivity contribution < 1.29 is 23.9 Å². The lowest BCUT2D eigenvalue weighted by Gasteiger charge is -2.17. The molecule has 1 unspecified atom stereocenters. The normalized spacial score (nSPS) is 15.9. The van der Waals surface area contributed by atoms with Crippen LogP contribution in [0, 0.1) is 13.8 Å². The van der Waals surface area contributed by atoms with Crippen LogP contribution < -0.4 is 0 Å². The number of rotatable bonds is 6. The first-order valence-corrected chi connectivity index (χ1v) is 10.4. The van der Waals surface area contributed by atoms with Crippen molar-refractivity contribution in [3.63, 3.8) is 0 Å². The molecule has 0 aliphatic carbocycles. The van der Waals surface area contributed by atoms with Gasteiger partial charge in [-0.25, -0.2) is 14.5 Å². The van der Waals surface area contributed by atoms with Crippen molar-refractivity contribution >= 4 is 33.9 Å². The molecule has 1 heterocycles. The Kier molecular flexibility index (Phi) is 6.69. The smallest absolute Gasteiger partial charge is 0.417 e. The van der Waals surface area contributed by atoms with Crippen LogP contribution in [0.1, 0.15) is 32.6 Å². The first-order chi connectivity index (χ1) is 13.9. The van der Waals surface area contributed by atoms with E-state index in [1.54, 1.807) is 18.2 Å². The lowest BCUT2D eigenvalue weighted by molar-refractivity contribution is -0.128. The summed E-state index contributed by atoms with van der Waals surface area (Å²) < 4.78 is 10.3. The van der Waals surface area contributed by atoms with Crippen LogP contribution in [0.2, 0.25) is 0 Å². The molecule has 1 aliphatic rings. The molecule has 2 amide bonds. The quantitative estimate of drug-likeness (QED) is 0.482. The van der Waals surface area contributed by atoms with Gasteiger partial charge in [0.15, 0.2) is 0 Å². The summed E-state index contributed by atoms with van der Waals surface area (Å²) in [5.74, 6) is -0.666.